The first kappa shape index (κ1) is 18.0. The van der Waals surface area contributed by atoms with Crippen molar-refractivity contribution in [3.63, 3.8) is 0 Å². The molecule has 1 aromatic heterocycles. The molecular formula is C19H18N6O3. The Kier molecular flexibility index (Phi) is 4.68. The third-order valence-corrected chi connectivity index (χ3v) is 4.60. The van der Waals surface area contributed by atoms with Gasteiger partial charge in [0, 0.05) is 29.8 Å². The summed E-state index contributed by atoms with van der Waals surface area (Å²) in [5, 5.41) is 30.8. The number of hydrogen-bond donors (Lipinski definition) is 1. The molecule has 0 saturated carbocycles. The number of fused-ring (bicyclic) bond motifs is 3. The molecule has 28 heavy (non-hydrogen) atoms. The lowest BCUT2D eigenvalue weighted by Gasteiger charge is -2.15. The van der Waals surface area contributed by atoms with Gasteiger partial charge in [0.15, 0.2) is 11.6 Å². The summed E-state index contributed by atoms with van der Waals surface area (Å²) >= 11 is 0. The Morgan fingerprint density at radius 1 is 1.21 bits per heavy atom. The Morgan fingerprint density at radius 2 is 2.00 bits per heavy atom. The van der Waals surface area contributed by atoms with E-state index >= 15 is 0 Å². The van der Waals surface area contributed by atoms with Crippen molar-refractivity contribution in [3.05, 3.63) is 81.4 Å². The molecule has 3 aromatic rings. The molecule has 0 radical (unpaired) electrons. The number of nitrogens with zero attached hydrogens (tertiary/aromatic N) is 6. The first-order chi connectivity index (χ1) is 13.6. The third-order valence-electron chi connectivity index (χ3n) is 4.60. The Hall–Kier alpha value is -3.43. The molecule has 1 aliphatic rings. The minimum Gasteiger partial charge on any atom is -0.314 e. The molecule has 0 aliphatic carbocycles. The maximum atomic E-state index is 11.4. The maximum Gasteiger partial charge on any atom is 0.270 e. The topological polar surface area (TPSA) is 110 Å². The summed E-state index contributed by atoms with van der Waals surface area (Å²) in [4.78, 5) is 15.6. The molecule has 1 aliphatic heterocycles. The van der Waals surface area contributed by atoms with Crippen LogP contribution in [0.2, 0.25) is 0 Å². The molecule has 0 spiro atoms. The van der Waals surface area contributed by atoms with Crippen LogP contribution in [0.5, 0.6) is 0 Å². The molecule has 142 valence electrons. The van der Waals surface area contributed by atoms with Gasteiger partial charge in [0.2, 0.25) is 0 Å². The second-order valence-electron chi connectivity index (χ2n) is 6.34. The lowest BCUT2D eigenvalue weighted by molar-refractivity contribution is -0.384. The van der Waals surface area contributed by atoms with Crippen molar-refractivity contribution in [2.75, 3.05) is 6.54 Å². The third kappa shape index (κ3) is 3.17. The normalized spacial score (nSPS) is 12.9. The van der Waals surface area contributed by atoms with Gasteiger partial charge in [-0.2, -0.15) is 5.06 Å². The molecule has 1 N–H and O–H groups in total. The zero-order valence-electron chi connectivity index (χ0n) is 15.2. The van der Waals surface area contributed by atoms with Gasteiger partial charge in [0.25, 0.3) is 5.69 Å². The van der Waals surface area contributed by atoms with E-state index < -0.39 is 4.92 Å². The van der Waals surface area contributed by atoms with Crippen LogP contribution in [-0.2, 0) is 13.1 Å². The zero-order chi connectivity index (χ0) is 19.7. The number of benzene rings is 2. The Morgan fingerprint density at radius 3 is 2.71 bits per heavy atom. The minimum atomic E-state index is -0.422. The first-order valence-corrected chi connectivity index (χ1v) is 8.84. The number of nitro groups is 1. The summed E-state index contributed by atoms with van der Waals surface area (Å²) in [5.74, 6) is 1.15. The molecule has 4 rings (SSSR count). The van der Waals surface area contributed by atoms with Crippen molar-refractivity contribution in [1.29, 1.82) is 0 Å². The molecule has 0 fully saturated rings. The Labute approximate surface area is 160 Å². The first-order valence-electron chi connectivity index (χ1n) is 8.84. The predicted octanol–water partition coefficient (Wildman–Crippen LogP) is 2.74. The quantitative estimate of drug-likeness (QED) is 0.540. The number of nitro benzene ring substituents is 1. The van der Waals surface area contributed by atoms with Gasteiger partial charge in [-0.3, -0.25) is 19.7 Å². The van der Waals surface area contributed by atoms with E-state index in [1.807, 2.05) is 41.8 Å². The zero-order valence-corrected chi connectivity index (χ0v) is 15.2. The van der Waals surface area contributed by atoms with Gasteiger partial charge < -0.3 is 5.21 Å². The highest BCUT2D eigenvalue weighted by molar-refractivity contribution is 6.15. The molecule has 0 amide bonds. The number of aromatic nitrogens is 3. The van der Waals surface area contributed by atoms with Crippen LogP contribution in [0.3, 0.4) is 0 Å². The van der Waals surface area contributed by atoms with Crippen LogP contribution < -0.4 is 0 Å². The standard InChI is InChI=1S/C19H18N6O3/c1-2-23(26)12-18-22-21-17-11-20-19(13-6-4-3-5-7-13)15-10-14(25(27)28)8-9-16(15)24(17)18/h3-10,26H,2,11-12H2,1H3. The van der Waals surface area contributed by atoms with Gasteiger partial charge in [-0.1, -0.05) is 37.3 Å². The van der Waals surface area contributed by atoms with Crippen LogP contribution in [-0.4, -0.2) is 42.2 Å². The van der Waals surface area contributed by atoms with E-state index in [9.17, 15) is 15.3 Å². The second-order valence-corrected chi connectivity index (χ2v) is 6.34. The van der Waals surface area contributed by atoms with E-state index in [1.165, 1.54) is 12.1 Å². The molecule has 0 unspecified atom stereocenters. The minimum absolute atomic E-state index is 0.0159. The highest BCUT2D eigenvalue weighted by Crippen LogP contribution is 2.29. The van der Waals surface area contributed by atoms with Crippen LogP contribution in [0.15, 0.2) is 53.5 Å². The number of non-ortho nitro benzene ring substituents is 1. The number of aliphatic imine (C=N–C) groups is 1. The SMILES string of the molecule is CCN(O)Cc1nnc2n1-c1ccc([N+](=O)[O-])cc1C(c1ccccc1)=NC2. The number of rotatable bonds is 5. The monoisotopic (exact) mass is 378 g/mol. The smallest absolute Gasteiger partial charge is 0.270 e. The fraction of sp³-hybridized carbons (Fsp3) is 0.211. The number of hydroxylamine groups is 2. The predicted molar refractivity (Wildman–Crippen MR) is 102 cm³/mol. The van der Waals surface area contributed by atoms with E-state index in [0.717, 1.165) is 10.6 Å². The van der Waals surface area contributed by atoms with Crippen molar-refractivity contribution in [1.82, 2.24) is 19.8 Å². The van der Waals surface area contributed by atoms with E-state index in [4.69, 9.17) is 0 Å². The summed E-state index contributed by atoms with van der Waals surface area (Å²) < 4.78 is 1.82. The van der Waals surface area contributed by atoms with Crippen LogP contribution in [0.25, 0.3) is 5.69 Å². The second kappa shape index (κ2) is 7.29. The summed E-state index contributed by atoms with van der Waals surface area (Å²) in [6.07, 6.45) is 0. The van der Waals surface area contributed by atoms with Crippen LogP contribution in [0.1, 0.15) is 29.7 Å². The van der Waals surface area contributed by atoms with Crippen LogP contribution in [0, 0.1) is 10.1 Å². The fourth-order valence-electron chi connectivity index (χ4n) is 3.21. The van der Waals surface area contributed by atoms with Gasteiger partial charge in [0.1, 0.15) is 6.54 Å². The highest BCUT2D eigenvalue weighted by atomic mass is 16.6. The van der Waals surface area contributed by atoms with E-state index in [1.54, 1.807) is 6.07 Å². The summed E-state index contributed by atoms with van der Waals surface area (Å²) in [7, 11) is 0. The van der Waals surface area contributed by atoms with E-state index in [2.05, 4.69) is 15.2 Å². The lowest BCUT2D eigenvalue weighted by atomic mass is 10.00. The van der Waals surface area contributed by atoms with Gasteiger partial charge in [-0.25, -0.2) is 0 Å². The van der Waals surface area contributed by atoms with Crippen molar-refractivity contribution in [3.8, 4) is 5.69 Å². The molecular weight excluding hydrogens is 360 g/mol. The fourth-order valence-corrected chi connectivity index (χ4v) is 3.21. The van der Waals surface area contributed by atoms with Crippen molar-refractivity contribution >= 4 is 11.4 Å². The largest absolute Gasteiger partial charge is 0.314 e. The van der Waals surface area contributed by atoms with Crippen molar-refractivity contribution < 1.29 is 10.1 Å². The van der Waals surface area contributed by atoms with Crippen LogP contribution in [0.4, 0.5) is 5.69 Å². The molecule has 0 saturated heterocycles. The summed E-state index contributed by atoms with van der Waals surface area (Å²) in [5.41, 5.74) is 2.83. The van der Waals surface area contributed by atoms with Gasteiger partial charge >= 0.3 is 0 Å². The number of hydrogen-bond acceptors (Lipinski definition) is 7. The maximum absolute atomic E-state index is 11.4. The van der Waals surface area contributed by atoms with Crippen molar-refractivity contribution in [2.45, 2.75) is 20.0 Å². The van der Waals surface area contributed by atoms with E-state index in [-0.39, 0.29) is 18.8 Å². The summed E-state index contributed by atoms with van der Waals surface area (Å²) in [6, 6.07) is 14.2. The molecule has 9 nitrogen and oxygen atoms in total. The van der Waals surface area contributed by atoms with Crippen LogP contribution >= 0.6 is 0 Å². The molecule has 0 atom stereocenters. The molecule has 9 heteroatoms. The Balaban J connectivity index is 1.93. The van der Waals surface area contributed by atoms with Gasteiger partial charge in [-0.15, -0.1) is 10.2 Å². The average Bonchev–Trinajstić information content (AvgIpc) is 3.02. The van der Waals surface area contributed by atoms with Crippen molar-refractivity contribution in [2.24, 2.45) is 4.99 Å². The highest BCUT2D eigenvalue weighted by Gasteiger charge is 2.25. The van der Waals surface area contributed by atoms with E-state index in [0.29, 0.717) is 35.2 Å². The summed E-state index contributed by atoms with van der Waals surface area (Å²) in [6.45, 7) is 2.71. The lowest BCUT2D eigenvalue weighted by Crippen LogP contribution is -2.21. The average molecular weight is 378 g/mol. The molecule has 0 bridgehead atoms. The molecule has 2 heterocycles. The van der Waals surface area contributed by atoms with Gasteiger partial charge in [-0.05, 0) is 6.07 Å². The Bertz CT molecular complexity index is 1060. The molecule has 2 aromatic carbocycles. The van der Waals surface area contributed by atoms with Gasteiger partial charge in [0.05, 0.1) is 22.9 Å².